The Balaban J connectivity index is 1.69. The molecule has 0 spiro atoms. The molecule has 4 heteroatoms. The summed E-state index contributed by atoms with van der Waals surface area (Å²) in [5.74, 6) is 2.78. The lowest BCUT2D eigenvalue weighted by atomic mass is 9.71. The minimum absolute atomic E-state index is 0.183. The van der Waals surface area contributed by atoms with Crippen molar-refractivity contribution >= 4 is 34.3 Å². The fraction of sp³-hybridized carbons (Fsp3) is 0.562. The van der Waals surface area contributed by atoms with Crippen LogP contribution in [0.1, 0.15) is 90.3 Å². The summed E-state index contributed by atoms with van der Waals surface area (Å²) in [5, 5.41) is 3.24. The lowest BCUT2D eigenvalue weighted by Gasteiger charge is -2.34. The van der Waals surface area contributed by atoms with Crippen LogP contribution in [0.5, 0.6) is 0 Å². The second kappa shape index (κ2) is 12.2. The summed E-state index contributed by atoms with van der Waals surface area (Å²) in [7, 11) is 0. The zero-order valence-electron chi connectivity index (χ0n) is 23.5. The maximum absolute atomic E-state index is 11.2. The van der Waals surface area contributed by atoms with Gasteiger partial charge in [-0.25, -0.2) is 0 Å². The Kier molecular flexibility index (Phi) is 9.74. The Hall–Kier alpha value is -1.78. The van der Waals surface area contributed by atoms with Crippen LogP contribution in [0.25, 0.3) is 0 Å². The molecular weight excluding hydrogens is 478 g/mol. The number of thiocarbonyl (C=S) groups is 1. The van der Waals surface area contributed by atoms with Crippen LogP contribution in [0.15, 0.2) is 59.2 Å². The van der Waals surface area contributed by atoms with Crippen molar-refractivity contribution in [2.24, 2.45) is 29.1 Å². The largest absolute Gasteiger partial charge is 0.375 e. The number of allylic oxidation sites excluding steroid dienone is 8. The molecule has 1 aromatic heterocycles. The van der Waals surface area contributed by atoms with E-state index in [0.717, 1.165) is 22.7 Å². The van der Waals surface area contributed by atoms with Crippen LogP contribution >= 0.6 is 23.6 Å². The monoisotopic (exact) mass is 523 g/mol. The van der Waals surface area contributed by atoms with E-state index >= 15 is 0 Å². The Bertz CT molecular complexity index is 1080. The van der Waals surface area contributed by atoms with Crippen LogP contribution in [0.2, 0.25) is 0 Å². The summed E-state index contributed by atoms with van der Waals surface area (Å²) in [6.45, 7) is 18.6. The van der Waals surface area contributed by atoms with Gasteiger partial charge < -0.3 is 5.32 Å². The van der Waals surface area contributed by atoms with Gasteiger partial charge in [-0.1, -0.05) is 95.3 Å². The van der Waals surface area contributed by atoms with Gasteiger partial charge in [-0.2, -0.15) is 0 Å². The first kappa shape index (κ1) is 28.8. The summed E-state index contributed by atoms with van der Waals surface area (Å²) in [6, 6.07) is 4.39. The molecule has 1 N–H and O–H groups in total. The van der Waals surface area contributed by atoms with Crippen LogP contribution < -0.4 is 5.32 Å². The molecule has 0 amide bonds. The molecule has 0 fully saturated rings. The second-order valence-electron chi connectivity index (χ2n) is 12.2. The van der Waals surface area contributed by atoms with Crippen LogP contribution in [-0.4, -0.2) is 17.3 Å². The number of rotatable bonds is 9. The number of hydrogen-bond acceptors (Lipinski definition) is 3. The van der Waals surface area contributed by atoms with E-state index in [9.17, 15) is 4.79 Å². The minimum atomic E-state index is 0.183. The van der Waals surface area contributed by atoms with E-state index in [4.69, 9.17) is 12.2 Å². The van der Waals surface area contributed by atoms with E-state index in [1.54, 1.807) is 18.3 Å². The molecule has 0 aromatic carbocycles. The first-order valence-corrected chi connectivity index (χ1v) is 14.7. The fourth-order valence-corrected chi connectivity index (χ4v) is 7.01. The predicted molar refractivity (Wildman–Crippen MR) is 161 cm³/mol. The number of nitrogens with one attached hydrogen (secondary N) is 1. The average Bonchev–Trinajstić information content (AvgIpc) is 3.26. The Morgan fingerprint density at radius 3 is 2.53 bits per heavy atom. The molecule has 4 unspecified atom stereocenters. The van der Waals surface area contributed by atoms with Crippen LogP contribution in [0.4, 0.5) is 0 Å². The maximum Gasteiger partial charge on any atom is 0.131 e. The number of carbonyl (C=O) groups is 1. The van der Waals surface area contributed by atoms with Gasteiger partial charge in [0.25, 0.3) is 0 Å². The Morgan fingerprint density at radius 1 is 1.25 bits per heavy atom. The van der Waals surface area contributed by atoms with Gasteiger partial charge in [0, 0.05) is 23.8 Å². The molecule has 4 atom stereocenters. The topological polar surface area (TPSA) is 29.1 Å². The highest BCUT2D eigenvalue weighted by atomic mass is 32.1. The maximum atomic E-state index is 11.2. The molecule has 0 bridgehead atoms. The SMILES string of the molecule is CC(=O)CCNC(=S)c1ccc(C(CC2=CC(C)C(C3=CCC(C(C)(C)C)C=C3)C(C)=C2)C(C)C)s1. The van der Waals surface area contributed by atoms with E-state index in [1.165, 1.54) is 21.6 Å². The minimum Gasteiger partial charge on any atom is -0.375 e. The van der Waals surface area contributed by atoms with Crippen molar-refractivity contribution < 1.29 is 4.79 Å². The molecule has 2 nitrogen and oxygen atoms in total. The molecular formula is C32H45NOS2. The summed E-state index contributed by atoms with van der Waals surface area (Å²) in [5.41, 5.74) is 4.74. The third kappa shape index (κ3) is 7.38. The van der Waals surface area contributed by atoms with Crippen molar-refractivity contribution in [1.82, 2.24) is 5.32 Å². The second-order valence-corrected chi connectivity index (χ2v) is 13.7. The molecule has 196 valence electrons. The lowest BCUT2D eigenvalue weighted by molar-refractivity contribution is -0.116. The summed E-state index contributed by atoms with van der Waals surface area (Å²) in [4.78, 5) is 14.5. The predicted octanol–water partition coefficient (Wildman–Crippen LogP) is 8.81. The number of ketones is 1. The normalized spacial score (nSPS) is 23.1. The van der Waals surface area contributed by atoms with Crippen molar-refractivity contribution in [1.29, 1.82) is 0 Å². The summed E-state index contributed by atoms with van der Waals surface area (Å²) < 4.78 is 0. The van der Waals surface area contributed by atoms with Gasteiger partial charge in [0.1, 0.15) is 10.8 Å². The van der Waals surface area contributed by atoms with Crippen LogP contribution in [-0.2, 0) is 4.79 Å². The summed E-state index contributed by atoms with van der Waals surface area (Å²) >= 11 is 7.39. The van der Waals surface area contributed by atoms with E-state index < -0.39 is 0 Å². The first-order valence-electron chi connectivity index (χ1n) is 13.5. The van der Waals surface area contributed by atoms with E-state index in [0.29, 0.717) is 48.0 Å². The van der Waals surface area contributed by atoms with Crippen LogP contribution in [0.3, 0.4) is 0 Å². The molecule has 0 saturated carbocycles. The van der Waals surface area contributed by atoms with Gasteiger partial charge in [-0.05, 0) is 73.5 Å². The molecule has 2 aliphatic rings. The molecule has 2 aliphatic carbocycles. The molecule has 0 saturated heterocycles. The standard InChI is InChI=1S/C32H45NOS2/c1-20(2)27(28-13-14-29(36-28)31(35)33-16-15-23(5)34)19-24-17-21(3)30(22(4)18-24)25-9-11-26(12-10-25)32(6,7)8/h9-11,13-14,17-18,20-21,26-27,30H,12,15-16,19H2,1-8H3,(H,33,35). The van der Waals surface area contributed by atoms with E-state index in [1.807, 2.05) is 0 Å². The summed E-state index contributed by atoms with van der Waals surface area (Å²) in [6.07, 6.45) is 15.0. The van der Waals surface area contributed by atoms with Gasteiger partial charge >= 0.3 is 0 Å². The van der Waals surface area contributed by atoms with Gasteiger partial charge in [-0.15, -0.1) is 11.3 Å². The van der Waals surface area contributed by atoms with Gasteiger partial charge in [0.05, 0.1) is 4.88 Å². The van der Waals surface area contributed by atoms with Crippen molar-refractivity contribution in [3.05, 3.63) is 69.0 Å². The lowest BCUT2D eigenvalue weighted by Crippen LogP contribution is -2.23. The van der Waals surface area contributed by atoms with Crippen molar-refractivity contribution in [2.45, 2.75) is 80.6 Å². The zero-order valence-corrected chi connectivity index (χ0v) is 25.1. The Labute approximate surface area is 229 Å². The number of carbonyl (C=O) groups excluding carboxylic acids is 1. The fourth-order valence-electron chi connectivity index (χ4n) is 5.51. The van der Waals surface area contributed by atoms with Crippen LogP contribution in [0, 0.1) is 29.1 Å². The molecule has 1 heterocycles. The van der Waals surface area contributed by atoms with Gasteiger partial charge in [-0.3, -0.25) is 4.79 Å². The quantitative estimate of drug-likeness (QED) is 0.328. The number of hydrogen-bond donors (Lipinski definition) is 1. The molecule has 1 aromatic rings. The van der Waals surface area contributed by atoms with E-state index in [2.05, 4.69) is 96.3 Å². The van der Waals surface area contributed by atoms with Crippen molar-refractivity contribution in [3.8, 4) is 0 Å². The van der Waals surface area contributed by atoms with Gasteiger partial charge in [0.2, 0.25) is 0 Å². The van der Waals surface area contributed by atoms with E-state index in [-0.39, 0.29) is 5.78 Å². The van der Waals surface area contributed by atoms with Crippen molar-refractivity contribution in [2.75, 3.05) is 6.54 Å². The Morgan fingerprint density at radius 2 is 1.97 bits per heavy atom. The smallest absolute Gasteiger partial charge is 0.131 e. The molecule has 3 rings (SSSR count). The molecule has 0 aliphatic heterocycles. The van der Waals surface area contributed by atoms with Gasteiger partial charge in [0.15, 0.2) is 0 Å². The highest BCUT2D eigenvalue weighted by Crippen LogP contribution is 2.43. The third-order valence-electron chi connectivity index (χ3n) is 7.75. The third-order valence-corrected chi connectivity index (χ3v) is 9.47. The van der Waals surface area contributed by atoms with Crippen molar-refractivity contribution in [3.63, 3.8) is 0 Å². The average molecular weight is 524 g/mol. The highest BCUT2D eigenvalue weighted by Gasteiger charge is 2.29. The zero-order chi connectivity index (χ0) is 26.6. The number of thiophene rings is 1. The number of Topliss-reactive ketones (excluding diaryl/α,β-unsaturated/α-hetero) is 1. The first-order chi connectivity index (χ1) is 16.9. The molecule has 0 radical (unpaired) electrons. The highest BCUT2D eigenvalue weighted by molar-refractivity contribution is 7.81. The molecule has 36 heavy (non-hydrogen) atoms.